The van der Waals surface area contributed by atoms with Crippen LogP contribution in [0.15, 0.2) is 53.4 Å². The smallest absolute Gasteiger partial charge is 0.265 e. The van der Waals surface area contributed by atoms with Crippen molar-refractivity contribution in [3.05, 3.63) is 53.6 Å². The number of ether oxygens (including phenoxy) is 1. The van der Waals surface area contributed by atoms with Crippen LogP contribution >= 0.6 is 11.6 Å². The van der Waals surface area contributed by atoms with Crippen molar-refractivity contribution in [2.75, 3.05) is 5.32 Å². The molecule has 2 rings (SSSR count). The van der Waals surface area contributed by atoms with Crippen LogP contribution < -0.4 is 14.8 Å². The number of sulfonamides is 1. The monoisotopic (exact) mass is 396 g/mol. The number of nitrogens with one attached hydrogen (secondary N) is 2. The molecular formula is C18H21ClN2O4S. The van der Waals surface area contributed by atoms with E-state index in [0.717, 1.165) is 0 Å². The number of halogens is 1. The summed E-state index contributed by atoms with van der Waals surface area (Å²) in [5.41, 5.74) is 0.477. The molecule has 0 heterocycles. The number of amides is 1. The summed E-state index contributed by atoms with van der Waals surface area (Å²) in [4.78, 5) is 12.4. The first-order valence-corrected chi connectivity index (χ1v) is 9.89. The molecule has 0 radical (unpaired) electrons. The number of rotatable bonds is 7. The molecule has 0 bridgehead atoms. The van der Waals surface area contributed by atoms with Gasteiger partial charge in [-0.05, 0) is 69.3 Å². The maximum atomic E-state index is 12.2. The fraction of sp³-hybridized carbons (Fsp3) is 0.278. The molecule has 0 aromatic heterocycles. The van der Waals surface area contributed by atoms with E-state index in [4.69, 9.17) is 16.3 Å². The van der Waals surface area contributed by atoms with Gasteiger partial charge >= 0.3 is 0 Å². The molecule has 0 aliphatic heterocycles. The summed E-state index contributed by atoms with van der Waals surface area (Å²) in [5, 5.41) is 3.27. The van der Waals surface area contributed by atoms with Crippen LogP contribution in [0.3, 0.4) is 0 Å². The second-order valence-corrected chi connectivity index (χ2v) is 8.15. The Labute approximate surface area is 158 Å². The highest BCUT2D eigenvalue weighted by Gasteiger charge is 2.17. The van der Waals surface area contributed by atoms with Gasteiger partial charge in [0.25, 0.3) is 5.91 Å². The standard InChI is InChI=1S/C18H21ClN2O4S/c1-12(2)21-26(23,24)17-10-6-15(7-11-17)20-18(22)13(3)25-16-8-4-14(19)5-9-16/h4-13,21H,1-3H3,(H,20,22). The Morgan fingerprint density at radius 3 is 2.12 bits per heavy atom. The van der Waals surface area contributed by atoms with Crippen LogP contribution in [-0.2, 0) is 14.8 Å². The zero-order valence-electron chi connectivity index (χ0n) is 14.7. The molecule has 6 nitrogen and oxygen atoms in total. The van der Waals surface area contributed by atoms with E-state index in [-0.39, 0.29) is 16.8 Å². The summed E-state index contributed by atoms with van der Waals surface area (Å²) >= 11 is 5.81. The van der Waals surface area contributed by atoms with Crippen molar-refractivity contribution in [2.45, 2.75) is 37.8 Å². The lowest BCUT2D eigenvalue weighted by atomic mass is 10.3. The van der Waals surface area contributed by atoms with Gasteiger partial charge in [-0.2, -0.15) is 0 Å². The predicted molar refractivity (Wildman–Crippen MR) is 102 cm³/mol. The quantitative estimate of drug-likeness (QED) is 0.750. The molecule has 0 aliphatic rings. The number of benzene rings is 2. The van der Waals surface area contributed by atoms with Gasteiger partial charge in [-0.25, -0.2) is 13.1 Å². The number of carbonyl (C=O) groups is 1. The Bertz CT molecular complexity index is 850. The molecule has 0 saturated carbocycles. The van der Waals surface area contributed by atoms with Crippen LogP contribution in [0.25, 0.3) is 0 Å². The van der Waals surface area contributed by atoms with E-state index in [9.17, 15) is 13.2 Å². The zero-order chi connectivity index (χ0) is 19.3. The molecule has 26 heavy (non-hydrogen) atoms. The molecule has 0 fully saturated rings. The van der Waals surface area contributed by atoms with Crippen LogP contribution in [0.5, 0.6) is 5.75 Å². The lowest BCUT2D eigenvalue weighted by Gasteiger charge is -2.15. The molecule has 1 atom stereocenters. The summed E-state index contributed by atoms with van der Waals surface area (Å²) in [6.07, 6.45) is -0.734. The Kier molecular flexibility index (Phi) is 6.63. The Balaban J connectivity index is 1.99. The first-order valence-electron chi connectivity index (χ1n) is 8.03. The van der Waals surface area contributed by atoms with Crippen LogP contribution in [0.1, 0.15) is 20.8 Å². The molecule has 1 amide bonds. The third-order valence-corrected chi connectivity index (χ3v) is 5.25. The maximum absolute atomic E-state index is 12.2. The van der Waals surface area contributed by atoms with Crippen LogP contribution in [0.4, 0.5) is 5.69 Å². The lowest BCUT2D eigenvalue weighted by molar-refractivity contribution is -0.122. The normalized spacial score (nSPS) is 12.7. The van der Waals surface area contributed by atoms with E-state index in [2.05, 4.69) is 10.0 Å². The van der Waals surface area contributed by atoms with Gasteiger partial charge < -0.3 is 10.1 Å². The van der Waals surface area contributed by atoms with Gasteiger partial charge in [-0.15, -0.1) is 0 Å². The van der Waals surface area contributed by atoms with Gasteiger partial charge in [0, 0.05) is 16.8 Å². The molecule has 2 aromatic rings. The van der Waals surface area contributed by atoms with Gasteiger partial charge in [0.15, 0.2) is 6.10 Å². The minimum Gasteiger partial charge on any atom is -0.481 e. The molecule has 2 N–H and O–H groups in total. The van der Waals surface area contributed by atoms with Gasteiger partial charge in [0.1, 0.15) is 5.75 Å². The molecule has 0 aliphatic carbocycles. The van der Waals surface area contributed by atoms with E-state index in [0.29, 0.717) is 16.5 Å². The zero-order valence-corrected chi connectivity index (χ0v) is 16.3. The van der Waals surface area contributed by atoms with E-state index in [1.54, 1.807) is 45.0 Å². The molecular weight excluding hydrogens is 376 g/mol. The average molecular weight is 397 g/mol. The Hall–Kier alpha value is -2.09. The average Bonchev–Trinajstić information content (AvgIpc) is 2.56. The van der Waals surface area contributed by atoms with Crippen molar-refractivity contribution in [3.63, 3.8) is 0 Å². The lowest BCUT2D eigenvalue weighted by Crippen LogP contribution is -2.31. The van der Waals surface area contributed by atoms with E-state index >= 15 is 0 Å². The summed E-state index contributed by atoms with van der Waals surface area (Å²) < 4.78 is 32.2. The van der Waals surface area contributed by atoms with E-state index < -0.39 is 16.1 Å². The molecule has 0 spiro atoms. The maximum Gasteiger partial charge on any atom is 0.265 e. The van der Waals surface area contributed by atoms with Gasteiger partial charge in [0.2, 0.25) is 10.0 Å². The predicted octanol–water partition coefficient (Wildman–Crippen LogP) is 3.43. The van der Waals surface area contributed by atoms with Gasteiger partial charge in [0.05, 0.1) is 4.90 Å². The summed E-state index contributed by atoms with van der Waals surface area (Å²) in [5.74, 6) is 0.175. The van der Waals surface area contributed by atoms with Crippen LogP contribution in [0, 0.1) is 0 Å². The number of anilines is 1. The number of hydrogen-bond acceptors (Lipinski definition) is 4. The van der Waals surface area contributed by atoms with Crippen molar-refractivity contribution in [2.24, 2.45) is 0 Å². The highest BCUT2D eigenvalue weighted by atomic mass is 35.5. The topological polar surface area (TPSA) is 84.5 Å². The largest absolute Gasteiger partial charge is 0.481 e. The Morgan fingerprint density at radius 1 is 1.00 bits per heavy atom. The fourth-order valence-corrected chi connectivity index (χ4v) is 3.49. The first-order chi connectivity index (χ1) is 12.2. The molecule has 1 unspecified atom stereocenters. The van der Waals surface area contributed by atoms with Crippen molar-refractivity contribution < 1.29 is 17.9 Å². The van der Waals surface area contributed by atoms with Gasteiger partial charge in [-0.3, -0.25) is 4.79 Å². The highest BCUT2D eigenvalue weighted by Crippen LogP contribution is 2.18. The van der Waals surface area contributed by atoms with Crippen molar-refractivity contribution in [3.8, 4) is 5.75 Å². The Morgan fingerprint density at radius 2 is 1.58 bits per heavy atom. The molecule has 0 saturated heterocycles. The van der Waals surface area contributed by atoms with Crippen molar-refractivity contribution >= 4 is 33.2 Å². The second kappa shape index (κ2) is 8.53. The fourth-order valence-electron chi connectivity index (χ4n) is 2.11. The van der Waals surface area contributed by atoms with Crippen molar-refractivity contribution in [1.29, 1.82) is 0 Å². The molecule has 140 valence electrons. The molecule has 2 aromatic carbocycles. The third kappa shape index (κ3) is 5.72. The summed E-state index contributed by atoms with van der Waals surface area (Å²) in [6.45, 7) is 5.11. The van der Waals surface area contributed by atoms with Crippen LogP contribution in [-0.4, -0.2) is 26.5 Å². The van der Waals surface area contributed by atoms with E-state index in [1.807, 2.05) is 0 Å². The van der Waals surface area contributed by atoms with Crippen LogP contribution in [0.2, 0.25) is 5.02 Å². The SMILES string of the molecule is CC(C)NS(=O)(=O)c1ccc(NC(=O)C(C)Oc2ccc(Cl)cc2)cc1. The minimum atomic E-state index is -3.56. The number of carbonyl (C=O) groups excluding carboxylic acids is 1. The molecule has 8 heteroatoms. The second-order valence-electron chi connectivity index (χ2n) is 6.00. The minimum absolute atomic E-state index is 0.134. The van der Waals surface area contributed by atoms with Gasteiger partial charge in [-0.1, -0.05) is 11.6 Å². The number of hydrogen-bond donors (Lipinski definition) is 2. The van der Waals surface area contributed by atoms with Crippen molar-refractivity contribution in [1.82, 2.24) is 4.72 Å². The highest BCUT2D eigenvalue weighted by molar-refractivity contribution is 7.89. The summed E-state index contributed by atoms with van der Waals surface area (Å²) in [7, 11) is -3.56. The summed E-state index contributed by atoms with van der Waals surface area (Å²) in [6, 6.07) is 12.4. The first kappa shape index (κ1) is 20.2. The third-order valence-electron chi connectivity index (χ3n) is 3.32. The van der Waals surface area contributed by atoms with E-state index in [1.165, 1.54) is 24.3 Å².